The van der Waals surface area contributed by atoms with Gasteiger partial charge < -0.3 is 33.7 Å². The first-order chi connectivity index (χ1) is 14.9. The SMILES string of the molecule is COc1cc(C2C3=C(NC4=C2C(=O)C2OCOC2=C4)C(C)(C)OC3)cc(OC)c1OC. The molecular formula is C23H25NO7. The molecule has 0 amide bonds. The minimum Gasteiger partial charge on any atom is -0.493 e. The molecule has 2 unspecified atom stereocenters. The fourth-order valence-corrected chi connectivity index (χ4v) is 4.74. The lowest BCUT2D eigenvalue weighted by Gasteiger charge is -2.35. The number of methoxy groups -OCH3 is 3. The van der Waals surface area contributed by atoms with E-state index >= 15 is 0 Å². The molecule has 164 valence electrons. The van der Waals surface area contributed by atoms with E-state index in [9.17, 15) is 4.79 Å². The maximum absolute atomic E-state index is 13.5. The number of carbonyl (C=O) groups is 1. The summed E-state index contributed by atoms with van der Waals surface area (Å²) in [6.07, 6.45) is 1.14. The molecule has 3 aliphatic heterocycles. The number of hydrogen-bond acceptors (Lipinski definition) is 8. The van der Waals surface area contributed by atoms with Crippen LogP contribution < -0.4 is 19.5 Å². The zero-order valence-electron chi connectivity index (χ0n) is 18.2. The van der Waals surface area contributed by atoms with E-state index in [1.165, 1.54) is 0 Å². The first-order valence-corrected chi connectivity index (χ1v) is 10.1. The summed E-state index contributed by atoms with van der Waals surface area (Å²) in [5.41, 5.74) is 3.61. The van der Waals surface area contributed by atoms with Crippen LogP contribution in [0.15, 0.2) is 46.5 Å². The summed E-state index contributed by atoms with van der Waals surface area (Å²) in [6, 6.07) is 3.77. The molecule has 1 N–H and O–H groups in total. The van der Waals surface area contributed by atoms with Crippen molar-refractivity contribution in [1.82, 2.24) is 5.32 Å². The average Bonchev–Trinajstić information content (AvgIpc) is 3.35. The van der Waals surface area contributed by atoms with Crippen molar-refractivity contribution in [3.8, 4) is 17.2 Å². The molecule has 2 atom stereocenters. The van der Waals surface area contributed by atoms with Gasteiger partial charge in [-0.2, -0.15) is 0 Å². The van der Waals surface area contributed by atoms with Crippen molar-refractivity contribution < 1.29 is 33.2 Å². The van der Waals surface area contributed by atoms with Crippen LogP contribution in [0.2, 0.25) is 0 Å². The van der Waals surface area contributed by atoms with E-state index in [0.717, 1.165) is 16.8 Å². The van der Waals surface area contributed by atoms with Crippen LogP contribution in [-0.4, -0.2) is 52.2 Å². The number of nitrogens with one attached hydrogen (secondary N) is 1. The number of ether oxygens (including phenoxy) is 6. The van der Waals surface area contributed by atoms with Crippen molar-refractivity contribution in [2.45, 2.75) is 31.5 Å². The molecule has 0 radical (unpaired) electrons. The summed E-state index contributed by atoms with van der Waals surface area (Å²) >= 11 is 0. The Balaban J connectivity index is 1.73. The lowest BCUT2D eigenvalue weighted by Crippen LogP contribution is -2.40. The van der Waals surface area contributed by atoms with Crippen LogP contribution in [0, 0.1) is 0 Å². The summed E-state index contributed by atoms with van der Waals surface area (Å²) in [4.78, 5) is 13.5. The fourth-order valence-electron chi connectivity index (χ4n) is 4.74. The van der Waals surface area contributed by atoms with E-state index in [4.69, 9.17) is 28.4 Å². The highest BCUT2D eigenvalue weighted by Gasteiger charge is 2.48. The molecule has 1 aromatic rings. The molecule has 0 saturated carbocycles. The van der Waals surface area contributed by atoms with Gasteiger partial charge in [-0.3, -0.25) is 4.79 Å². The predicted octanol–water partition coefficient (Wildman–Crippen LogP) is 2.56. The lowest BCUT2D eigenvalue weighted by atomic mass is 9.75. The number of Topliss-reactive ketones (excluding diaryl/α,β-unsaturated/α-hetero) is 1. The van der Waals surface area contributed by atoms with E-state index in [0.29, 0.717) is 40.9 Å². The van der Waals surface area contributed by atoms with Crippen molar-refractivity contribution in [2.24, 2.45) is 0 Å². The molecule has 5 rings (SSSR count). The van der Waals surface area contributed by atoms with Gasteiger partial charge in [-0.05, 0) is 37.1 Å². The number of fused-ring (bicyclic) bond motifs is 1. The maximum atomic E-state index is 13.5. The number of rotatable bonds is 4. The van der Waals surface area contributed by atoms with Crippen LogP contribution in [0.3, 0.4) is 0 Å². The van der Waals surface area contributed by atoms with Crippen LogP contribution >= 0.6 is 0 Å². The van der Waals surface area contributed by atoms with Crippen molar-refractivity contribution in [1.29, 1.82) is 0 Å². The smallest absolute Gasteiger partial charge is 0.203 e. The van der Waals surface area contributed by atoms with E-state index in [2.05, 4.69) is 5.32 Å². The van der Waals surface area contributed by atoms with Crippen molar-refractivity contribution >= 4 is 5.78 Å². The van der Waals surface area contributed by atoms with Gasteiger partial charge in [-0.15, -0.1) is 0 Å². The molecule has 8 heteroatoms. The molecule has 1 aliphatic carbocycles. The van der Waals surface area contributed by atoms with Crippen molar-refractivity contribution in [2.75, 3.05) is 34.7 Å². The van der Waals surface area contributed by atoms with Crippen LogP contribution in [0.25, 0.3) is 0 Å². The zero-order chi connectivity index (χ0) is 21.9. The molecule has 1 fully saturated rings. The summed E-state index contributed by atoms with van der Waals surface area (Å²) < 4.78 is 33.8. The van der Waals surface area contributed by atoms with Crippen LogP contribution in [0.5, 0.6) is 17.2 Å². The minimum absolute atomic E-state index is 0.0688. The second kappa shape index (κ2) is 7.03. The normalized spacial score (nSPS) is 25.8. The second-order valence-electron chi connectivity index (χ2n) is 8.26. The van der Waals surface area contributed by atoms with Gasteiger partial charge in [-0.1, -0.05) is 0 Å². The van der Waals surface area contributed by atoms with Crippen molar-refractivity contribution in [3.63, 3.8) is 0 Å². The van der Waals surface area contributed by atoms with Crippen molar-refractivity contribution in [3.05, 3.63) is 52.1 Å². The van der Waals surface area contributed by atoms with E-state index in [-0.39, 0.29) is 18.5 Å². The third kappa shape index (κ3) is 2.85. The highest BCUT2D eigenvalue weighted by molar-refractivity contribution is 6.05. The first-order valence-electron chi connectivity index (χ1n) is 10.1. The van der Waals surface area contributed by atoms with E-state index < -0.39 is 11.7 Å². The highest BCUT2D eigenvalue weighted by atomic mass is 16.7. The Bertz CT molecular complexity index is 1040. The predicted molar refractivity (Wildman–Crippen MR) is 110 cm³/mol. The number of ketones is 1. The first kappa shape index (κ1) is 20.0. The van der Waals surface area contributed by atoms with Gasteiger partial charge in [0, 0.05) is 29.0 Å². The molecule has 4 aliphatic rings. The Morgan fingerprint density at radius 3 is 2.45 bits per heavy atom. The Labute approximate surface area is 180 Å². The Kier molecular flexibility index (Phi) is 4.53. The van der Waals surface area contributed by atoms with Crippen LogP contribution in [0.4, 0.5) is 0 Å². The lowest BCUT2D eigenvalue weighted by molar-refractivity contribution is -0.123. The van der Waals surface area contributed by atoms with Gasteiger partial charge in [0.1, 0.15) is 11.4 Å². The average molecular weight is 427 g/mol. The molecule has 1 aromatic carbocycles. The van der Waals surface area contributed by atoms with Crippen LogP contribution in [-0.2, 0) is 19.0 Å². The summed E-state index contributed by atoms with van der Waals surface area (Å²) in [5.74, 6) is 1.61. The minimum atomic E-state index is -0.720. The van der Waals surface area contributed by atoms with Gasteiger partial charge in [0.25, 0.3) is 0 Å². The number of carbonyl (C=O) groups excluding carboxylic acids is 1. The molecule has 31 heavy (non-hydrogen) atoms. The molecular weight excluding hydrogens is 402 g/mol. The largest absolute Gasteiger partial charge is 0.493 e. The van der Waals surface area contributed by atoms with Crippen LogP contribution in [0.1, 0.15) is 25.3 Å². The summed E-state index contributed by atoms with van der Waals surface area (Å²) in [6.45, 7) is 4.49. The van der Waals surface area contributed by atoms with Gasteiger partial charge in [0.2, 0.25) is 5.75 Å². The quantitative estimate of drug-likeness (QED) is 0.785. The summed E-state index contributed by atoms with van der Waals surface area (Å²) in [5, 5.41) is 3.44. The standard InChI is InChI=1S/C23H25NO7/c1-23(2)22-12(9-31-23)17(11-6-14(26-3)20(28-5)15(7-11)27-4)18-13(24-22)8-16-21(19(18)25)30-10-29-16/h6-8,17,21,24H,9-10H2,1-5H3. The highest BCUT2D eigenvalue weighted by Crippen LogP contribution is 2.50. The fraction of sp³-hybridized carbons (Fsp3) is 0.435. The Hall–Kier alpha value is -2.97. The molecule has 0 bridgehead atoms. The van der Waals surface area contributed by atoms with Gasteiger partial charge in [-0.25, -0.2) is 0 Å². The van der Waals surface area contributed by atoms with E-state index in [1.807, 2.05) is 32.1 Å². The van der Waals surface area contributed by atoms with Gasteiger partial charge in [0.15, 0.2) is 30.2 Å². The molecule has 8 nitrogen and oxygen atoms in total. The molecule has 0 aromatic heterocycles. The Morgan fingerprint density at radius 1 is 1.10 bits per heavy atom. The topological polar surface area (TPSA) is 84.5 Å². The summed E-state index contributed by atoms with van der Waals surface area (Å²) in [7, 11) is 4.71. The number of benzene rings is 1. The molecule has 0 spiro atoms. The van der Waals surface area contributed by atoms with Gasteiger partial charge >= 0.3 is 0 Å². The zero-order valence-corrected chi connectivity index (χ0v) is 18.2. The van der Waals surface area contributed by atoms with E-state index in [1.54, 1.807) is 21.3 Å². The Morgan fingerprint density at radius 2 is 1.81 bits per heavy atom. The third-order valence-electron chi connectivity index (χ3n) is 6.23. The van der Waals surface area contributed by atoms with Gasteiger partial charge in [0.05, 0.1) is 27.9 Å². The maximum Gasteiger partial charge on any atom is 0.203 e. The monoisotopic (exact) mass is 427 g/mol. The number of hydrogen-bond donors (Lipinski definition) is 1. The molecule has 1 saturated heterocycles. The number of dihydropyridines is 1. The number of allylic oxidation sites excluding steroid dienone is 1. The third-order valence-corrected chi connectivity index (χ3v) is 6.23. The second-order valence-corrected chi connectivity index (χ2v) is 8.26. The molecule has 3 heterocycles.